The maximum Gasteiger partial charge on any atom is 0.269 e. The summed E-state index contributed by atoms with van der Waals surface area (Å²) in [7, 11) is 0. The molecule has 2 aromatic rings. The normalized spacial score (nSPS) is 19.6. The summed E-state index contributed by atoms with van der Waals surface area (Å²) < 4.78 is 5.86. The minimum Gasteiger partial charge on any atom is -0.376 e. The summed E-state index contributed by atoms with van der Waals surface area (Å²) in [4.78, 5) is 28.4. The zero-order valence-electron chi connectivity index (χ0n) is 18.1. The Hall–Kier alpha value is -3.27. The van der Waals surface area contributed by atoms with Gasteiger partial charge in [-0.25, -0.2) is 15.0 Å². The summed E-state index contributed by atoms with van der Waals surface area (Å²) in [5, 5.41) is 14.4. The van der Waals surface area contributed by atoms with Crippen molar-refractivity contribution in [1.29, 1.82) is 0 Å². The van der Waals surface area contributed by atoms with E-state index in [2.05, 4.69) is 25.1 Å². The van der Waals surface area contributed by atoms with Crippen molar-refractivity contribution in [3.05, 3.63) is 58.4 Å². The zero-order valence-corrected chi connectivity index (χ0v) is 18.1. The first-order valence-corrected chi connectivity index (χ1v) is 11.1. The lowest BCUT2D eigenvalue weighted by Crippen LogP contribution is -2.54. The van der Waals surface area contributed by atoms with Crippen molar-refractivity contribution < 1.29 is 9.66 Å². The molecule has 0 saturated carbocycles. The molecular weight excluding hydrogens is 410 g/mol. The highest BCUT2D eigenvalue weighted by atomic mass is 16.6. The molecule has 1 aromatic heterocycles. The monoisotopic (exact) mass is 439 g/mol. The quantitative estimate of drug-likeness (QED) is 0.316. The van der Waals surface area contributed by atoms with Crippen molar-refractivity contribution in [3.63, 3.8) is 0 Å². The Balaban J connectivity index is 1.41. The highest BCUT2D eigenvalue weighted by Gasteiger charge is 2.22. The topological polar surface area (TPSA) is 109 Å². The van der Waals surface area contributed by atoms with E-state index in [1.54, 1.807) is 24.5 Å². The third-order valence-electron chi connectivity index (χ3n) is 5.73. The van der Waals surface area contributed by atoms with E-state index in [9.17, 15) is 10.1 Å². The van der Waals surface area contributed by atoms with Crippen LogP contribution in [0, 0.1) is 10.1 Å². The first-order valence-electron chi connectivity index (χ1n) is 11.1. The van der Waals surface area contributed by atoms with Gasteiger partial charge in [-0.3, -0.25) is 10.1 Å². The molecule has 2 aliphatic rings. The summed E-state index contributed by atoms with van der Waals surface area (Å²) in [6.07, 6.45) is 7.10. The van der Waals surface area contributed by atoms with Crippen LogP contribution in [0.3, 0.4) is 0 Å². The average molecular weight is 440 g/mol. The molecule has 3 heterocycles. The number of non-ortho nitro benzene ring substituents is 1. The van der Waals surface area contributed by atoms with Crippen LogP contribution in [0.2, 0.25) is 0 Å². The Morgan fingerprint density at radius 2 is 1.91 bits per heavy atom. The Kier molecular flexibility index (Phi) is 7.44. The molecule has 0 radical (unpaired) electrons. The van der Waals surface area contributed by atoms with E-state index in [1.807, 2.05) is 6.07 Å². The van der Waals surface area contributed by atoms with E-state index in [-0.39, 0.29) is 16.7 Å². The number of rotatable bonds is 6. The maximum absolute atomic E-state index is 10.9. The summed E-state index contributed by atoms with van der Waals surface area (Å²) in [6, 6.07) is 8.38. The number of nitro groups is 1. The molecule has 1 atom stereocenters. The number of anilines is 1. The van der Waals surface area contributed by atoms with Crippen LogP contribution in [-0.4, -0.2) is 71.2 Å². The summed E-state index contributed by atoms with van der Waals surface area (Å²) >= 11 is 0. The van der Waals surface area contributed by atoms with Crippen LogP contribution >= 0.6 is 0 Å². The molecule has 2 aliphatic heterocycles. The Bertz CT molecular complexity index is 894. The second kappa shape index (κ2) is 10.9. The van der Waals surface area contributed by atoms with Crippen LogP contribution in [0.25, 0.3) is 0 Å². The predicted molar refractivity (Wildman–Crippen MR) is 122 cm³/mol. The lowest BCUT2D eigenvalue weighted by Gasteiger charge is -2.37. The molecule has 10 heteroatoms. The summed E-state index contributed by atoms with van der Waals surface area (Å²) in [5.74, 6) is 1.59. The Morgan fingerprint density at radius 1 is 1.16 bits per heavy atom. The number of nitro benzene ring substituents is 1. The fraction of sp³-hybridized carbons (Fsp3) is 0.500. The summed E-state index contributed by atoms with van der Waals surface area (Å²) in [6.45, 7) is 5.21. The number of guanidine groups is 1. The molecule has 2 saturated heterocycles. The first-order chi connectivity index (χ1) is 15.7. The minimum absolute atomic E-state index is 0.0878. The van der Waals surface area contributed by atoms with Gasteiger partial charge in [-0.1, -0.05) is 12.1 Å². The molecule has 0 spiro atoms. The molecule has 0 bridgehead atoms. The molecule has 4 rings (SSSR count). The molecule has 32 heavy (non-hydrogen) atoms. The Morgan fingerprint density at radius 3 is 2.56 bits per heavy atom. The lowest BCUT2D eigenvalue weighted by atomic mass is 10.1. The van der Waals surface area contributed by atoms with Crippen molar-refractivity contribution in [3.8, 4) is 0 Å². The smallest absolute Gasteiger partial charge is 0.269 e. The molecule has 170 valence electrons. The summed E-state index contributed by atoms with van der Waals surface area (Å²) in [5.41, 5.74) is 1.02. The number of aromatic nitrogens is 2. The van der Waals surface area contributed by atoms with Gasteiger partial charge in [-0.05, 0) is 30.9 Å². The maximum atomic E-state index is 10.9. The van der Waals surface area contributed by atoms with Gasteiger partial charge in [0.2, 0.25) is 5.95 Å². The van der Waals surface area contributed by atoms with Gasteiger partial charge in [0.05, 0.1) is 17.6 Å². The predicted octanol–water partition coefficient (Wildman–Crippen LogP) is 2.22. The van der Waals surface area contributed by atoms with Gasteiger partial charge in [0.15, 0.2) is 5.96 Å². The number of piperazine rings is 1. The number of hydrogen-bond donors (Lipinski definition) is 1. The highest BCUT2D eigenvalue weighted by Crippen LogP contribution is 2.15. The third kappa shape index (κ3) is 5.91. The molecule has 0 amide bonds. The Labute approximate surface area is 187 Å². The van der Waals surface area contributed by atoms with Gasteiger partial charge in [0.1, 0.15) is 0 Å². The number of nitrogens with zero attached hydrogens (tertiary/aromatic N) is 6. The van der Waals surface area contributed by atoms with Crippen LogP contribution in [0.15, 0.2) is 47.7 Å². The highest BCUT2D eigenvalue weighted by molar-refractivity contribution is 5.80. The number of nitrogens with one attached hydrogen (secondary N) is 1. The molecule has 10 nitrogen and oxygen atoms in total. The van der Waals surface area contributed by atoms with E-state index in [0.29, 0.717) is 6.54 Å². The molecule has 2 fully saturated rings. The SMILES string of the molecule is O=[N+]([O-])c1ccc(CN=C(NCC2CCCCO2)N2CCN(c3ncccn3)CC2)cc1. The van der Waals surface area contributed by atoms with Crippen molar-refractivity contribution in [2.75, 3.05) is 44.2 Å². The van der Waals surface area contributed by atoms with Gasteiger partial charge in [-0.2, -0.15) is 0 Å². The fourth-order valence-corrected chi connectivity index (χ4v) is 3.90. The molecule has 1 unspecified atom stereocenters. The van der Waals surface area contributed by atoms with E-state index in [4.69, 9.17) is 9.73 Å². The largest absolute Gasteiger partial charge is 0.376 e. The lowest BCUT2D eigenvalue weighted by molar-refractivity contribution is -0.384. The van der Waals surface area contributed by atoms with Crippen molar-refractivity contribution in [1.82, 2.24) is 20.2 Å². The van der Waals surface area contributed by atoms with Crippen molar-refractivity contribution in [2.24, 2.45) is 4.99 Å². The average Bonchev–Trinajstić information content (AvgIpc) is 2.86. The fourth-order valence-electron chi connectivity index (χ4n) is 3.90. The van der Waals surface area contributed by atoms with E-state index < -0.39 is 0 Å². The standard InChI is InChI=1S/C22H29N7O3/c30-29(31)19-7-5-18(6-8-19)16-25-22(26-17-20-4-1-2-15-32-20)28-13-11-27(12-14-28)21-23-9-3-10-24-21/h3,5-10,20H,1-2,4,11-17H2,(H,25,26). The third-order valence-corrected chi connectivity index (χ3v) is 5.73. The number of ether oxygens (including phenoxy) is 1. The minimum atomic E-state index is -0.389. The molecular formula is C22H29N7O3. The van der Waals surface area contributed by atoms with E-state index in [1.165, 1.54) is 18.6 Å². The second-order valence-electron chi connectivity index (χ2n) is 7.96. The number of aliphatic imine (C=N–C) groups is 1. The molecule has 0 aliphatic carbocycles. The number of hydrogen-bond acceptors (Lipinski definition) is 7. The van der Waals surface area contributed by atoms with Gasteiger partial charge in [0.25, 0.3) is 5.69 Å². The van der Waals surface area contributed by atoms with Crippen LogP contribution in [0.1, 0.15) is 24.8 Å². The van der Waals surface area contributed by atoms with Gasteiger partial charge >= 0.3 is 0 Å². The number of benzene rings is 1. The van der Waals surface area contributed by atoms with Gasteiger partial charge in [-0.15, -0.1) is 0 Å². The molecule has 1 aromatic carbocycles. The van der Waals surface area contributed by atoms with E-state index >= 15 is 0 Å². The van der Waals surface area contributed by atoms with Crippen LogP contribution in [0.4, 0.5) is 11.6 Å². The van der Waals surface area contributed by atoms with E-state index in [0.717, 1.165) is 69.6 Å². The van der Waals surface area contributed by atoms with Crippen molar-refractivity contribution >= 4 is 17.6 Å². The second-order valence-corrected chi connectivity index (χ2v) is 7.96. The molecule has 1 N–H and O–H groups in total. The zero-order chi connectivity index (χ0) is 22.2. The first kappa shape index (κ1) is 21.9. The van der Waals surface area contributed by atoms with Crippen LogP contribution < -0.4 is 10.2 Å². The van der Waals surface area contributed by atoms with Gasteiger partial charge < -0.3 is 19.9 Å². The van der Waals surface area contributed by atoms with Crippen LogP contribution in [-0.2, 0) is 11.3 Å². The van der Waals surface area contributed by atoms with Crippen molar-refractivity contribution in [2.45, 2.75) is 31.9 Å². The van der Waals surface area contributed by atoms with Crippen LogP contribution in [0.5, 0.6) is 0 Å². The van der Waals surface area contributed by atoms with Gasteiger partial charge in [0, 0.05) is 63.9 Å².